The predicted octanol–water partition coefficient (Wildman–Crippen LogP) is 2.07. The van der Waals surface area contributed by atoms with Gasteiger partial charge >= 0.3 is 5.97 Å². The van der Waals surface area contributed by atoms with E-state index in [0.717, 1.165) is 24.3 Å². The van der Waals surface area contributed by atoms with E-state index >= 15 is 0 Å². The maximum absolute atomic E-state index is 12.6. The average molecular weight is 190 g/mol. The second kappa shape index (κ2) is 4.50. The highest BCUT2D eigenvalue weighted by atomic mass is 32.2. The summed E-state index contributed by atoms with van der Waals surface area (Å²) in [6.45, 7) is 0. The molecule has 1 fully saturated rings. The van der Waals surface area contributed by atoms with Gasteiger partial charge in [0.25, 0.3) is 0 Å². The van der Waals surface area contributed by atoms with Crippen molar-refractivity contribution in [1.29, 1.82) is 0 Å². The number of aliphatic carboxylic acids is 1. The molecule has 1 aliphatic rings. The Hall–Kier alpha value is -0.510. The van der Waals surface area contributed by atoms with Crippen LogP contribution in [0, 0.1) is 5.92 Å². The zero-order valence-electron chi connectivity index (χ0n) is 6.62. The molecular formula is C8H11FO2S. The van der Waals surface area contributed by atoms with Gasteiger partial charge in [0, 0.05) is 0 Å². The lowest BCUT2D eigenvalue weighted by Gasteiger charge is -2.17. The molecule has 12 heavy (non-hydrogen) atoms. The number of carboxylic acids is 1. The van der Waals surface area contributed by atoms with Crippen molar-refractivity contribution in [3.63, 3.8) is 0 Å². The van der Waals surface area contributed by atoms with Crippen LogP contribution in [-0.4, -0.2) is 22.6 Å². The Morgan fingerprint density at radius 1 is 1.67 bits per heavy atom. The standard InChI is InChI=1S/C8H11FO2S/c9-7(8(10)11)4-6-2-1-3-12-5-6/h4,6H,1-3,5H2,(H,10,11)/b7-4-. The van der Waals surface area contributed by atoms with Gasteiger partial charge in [-0.2, -0.15) is 16.2 Å². The molecule has 0 aromatic heterocycles. The molecule has 0 spiro atoms. The summed E-state index contributed by atoms with van der Waals surface area (Å²) in [7, 11) is 0. The van der Waals surface area contributed by atoms with Crippen LogP contribution in [0.4, 0.5) is 4.39 Å². The minimum absolute atomic E-state index is 0.111. The van der Waals surface area contributed by atoms with Crippen molar-refractivity contribution in [3.05, 3.63) is 11.9 Å². The van der Waals surface area contributed by atoms with Gasteiger partial charge in [-0.25, -0.2) is 4.79 Å². The van der Waals surface area contributed by atoms with Crippen molar-refractivity contribution in [1.82, 2.24) is 0 Å². The molecule has 0 aromatic carbocycles. The molecule has 1 rings (SSSR count). The van der Waals surface area contributed by atoms with Crippen LogP contribution in [-0.2, 0) is 4.79 Å². The summed E-state index contributed by atoms with van der Waals surface area (Å²) in [6, 6.07) is 0. The third kappa shape index (κ3) is 2.85. The Balaban J connectivity index is 2.47. The van der Waals surface area contributed by atoms with E-state index in [1.54, 1.807) is 11.8 Å². The van der Waals surface area contributed by atoms with E-state index in [1.165, 1.54) is 6.08 Å². The van der Waals surface area contributed by atoms with E-state index in [1.807, 2.05) is 0 Å². The van der Waals surface area contributed by atoms with E-state index in [-0.39, 0.29) is 5.92 Å². The Kier molecular flexibility index (Phi) is 3.59. The molecule has 1 unspecified atom stereocenters. The first kappa shape index (κ1) is 9.58. The molecule has 1 heterocycles. The van der Waals surface area contributed by atoms with Crippen LogP contribution in [0.3, 0.4) is 0 Å². The van der Waals surface area contributed by atoms with Crippen LogP contribution in [0.2, 0.25) is 0 Å². The van der Waals surface area contributed by atoms with Gasteiger partial charge in [-0.15, -0.1) is 0 Å². The van der Waals surface area contributed by atoms with Crippen LogP contribution < -0.4 is 0 Å². The van der Waals surface area contributed by atoms with Gasteiger partial charge in [0.1, 0.15) is 0 Å². The van der Waals surface area contributed by atoms with Gasteiger partial charge in [-0.1, -0.05) is 0 Å². The summed E-state index contributed by atoms with van der Waals surface area (Å²) in [5.74, 6) is -0.396. The first-order valence-electron chi connectivity index (χ1n) is 3.88. The molecular weight excluding hydrogens is 179 g/mol. The van der Waals surface area contributed by atoms with Gasteiger partial charge in [0.2, 0.25) is 5.83 Å². The maximum atomic E-state index is 12.6. The quantitative estimate of drug-likeness (QED) is 0.677. The van der Waals surface area contributed by atoms with Crippen LogP contribution in [0.5, 0.6) is 0 Å². The number of carboxylic acid groups (broad SMARTS) is 1. The number of hydrogen-bond donors (Lipinski definition) is 1. The van der Waals surface area contributed by atoms with Gasteiger partial charge < -0.3 is 5.11 Å². The largest absolute Gasteiger partial charge is 0.476 e. The maximum Gasteiger partial charge on any atom is 0.364 e. The van der Waals surface area contributed by atoms with Gasteiger partial charge in [0.05, 0.1) is 0 Å². The fraction of sp³-hybridized carbons (Fsp3) is 0.625. The molecule has 2 nitrogen and oxygen atoms in total. The molecule has 0 amide bonds. The van der Waals surface area contributed by atoms with Gasteiger partial charge in [0.15, 0.2) is 0 Å². The fourth-order valence-corrected chi connectivity index (χ4v) is 2.28. The molecule has 0 radical (unpaired) electrons. The van der Waals surface area contributed by atoms with Crippen LogP contribution in [0.15, 0.2) is 11.9 Å². The lowest BCUT2D eigenvalue weighted by molar-refractivity contribution is -0.134. The Bertz CT molecular complexity index is 197. The second-order valence-electron chi connectivity index (χ2n) is 2.80. The van der Waals surface area contributed by atoms with E-state index in [2.05, 4.69) is 0 Å². The molecule has 0 aromatic rings. The monoisotopic (exact) mass is 190 g/mol. The molecule has 1 atom stereocenters. The number of halogens is 1. The van der Waals surface area contributed by atoms with E-state index < -0.39 is 11.8 Å². The second-order valence-corrected chi connectivity index (χ2v) is 3.95. The first-order chi connectivity index (χ1) is 5.70. The number of thioether (sulfide) groups is 1. The number of allylic oxidation sites excluding steroid dienone is 1. The van der Waals surface area contributed by atoms with Crippen molar-refractivity contribution < 1.29 is 14.3 Å². The van der Waals surface area contributed by atoms with Crippen molar-refractivity contribution in [2.45, 2.75) is 12.8 Å². The van der Waals surface area contributed by atoms with E-state index in [4.69, 9.17) is 5.11 Å². The van der Waals surface area contributed by atoms with Crippen molar-refractivity contribution >= 4 is 17.7 Å². The first-order valence-corrected chi connectivity index (χ1v) is 5.04. The van der Waals surface area contributed by atoms with Crippen molar-refractivity contribution in [2.24, 2.45) is 5.92 Å². The average Bonchev–Trinajstić information content (AvgIpc) is 2.06. The molecule has 1 saturated heterocycles. The third-order valence-electron chi connectivity index (χ3n) is 1.78. The lowest BCUT2D eigenvalue weighted by Crippen LogP contribution is -2.09. The lowest BCUT2D eigenvalue weighted by atomic mass is 10.0. The fourth-order valence-electron chi connectivity index (χ4n) is 1.18. The summed E-state index contributed by atoms with van der Waals surface area (Å²) < 4.78 is 12.6. The van der Waals surface area contributed by atoms with Gasteiger partial charge in [-0.05, 0) is 36.3 Å². The summed E-state index contributed by atoms with van der Waals surface area (Å²) in [4.78, 5) is 10.1. The number of rotatable bonds is 2. The number of hydrogen-bond acceptors (Lipinski definition) is 2. The van der Waals surface area contributed by atoms with E-state index in [0.29, 0.717) is 0 Å². The topological polar surface area (TPSA) is 37.3 Å². The Morgan fingerprint density at radius 3 is 2.92 bits per heavy atom. The summed E-state index contributed by atoms with van der Waals surface area (Å²) in [6.07, 6.45) is 3.20. The van der Waals surface area contributed by atoms with Gasteiger partial charge in [-0.3, -0.25) is 0 Å². The summed E-state index contributed by atoms with van der Waals surface area (Å²) in [5.41, 5.74) is 0. The molecule has 0 saturated carbocycles. The van der Waals surface area contributed by atoms with Crippen LogP contribution in [0.1, 0.15) is 12.8 Å². The highest BCUT2D eigenvalue weighted by molar-refractivity contribution is 7.99. The van der Waals surface area contributed by atoms with Crippen molar-refractivity contribution in [3.8, 4) is 0 Å². The third-order valence-corrected chi connectivity index (χ3v) is 3.02. The highest BCUT2D eigenvalue weighted by Gasteiger charge is 2.14. The normalized spacial score (nSPS) is 25.4. The summed E-state index contributed by atoms with van der Waals surface area (Å²) >= 11 is 1.75. The zero-order valence-corrected chi connectivity index (χ0v) is 7.44. The van der Waals surface area contributed by atoms with E-state index in [9.17, 15) is 9.18 Å². The predicted molar refractivity (Wildman–Crippen MR) is 46.9 cm³/mol. The Morgan fingerprint density at radius 2 is 2.42 bits per heavy atom. The zero-order chi connectivity index (χ0) is 8.97. The minimum Gasteiger partial charge on any atom is -0.476 e. The van der Waals surface area contributed by atoms with Crippen LogP contribution in [0.25, 0.3) is 0 Å². The smallest absolute Gasteiger partial charge is 0.364 e. The minimum atomic E-state index is -1.45. The molecule has 0 aliphatic carbocycles. The Labute approximate surface area is 74.8 Å². The van der Waals surface area contributed by atoms with Crippen molar-refractivity contribution in [2.75, 3.05) is 11.5 Å². The van der Waals surface area contributed by atoms with Crippen LogP contribution >= 0.6 is 11.8 Å². The molecule has 68 valence electrons. The molecule has 4 heteroatoms. The molecule has 0 bridgehead atoms. The SMILES string of the molecule is O=C(O)/C(F)=C/C1CCCSC1. The number of carbonyl (C=O) groups is 1. The molecule has 1 N–H and O–H groups in total. The highest BCUT2D eigenvalue weighted by Crippen LogP contribution is 2.24. The summed E-state index contributed by atoms with van der Waals surface area (Å²) in [5, 5.41) is 8.26. The molecule has 1 aliphatic heterocycles.